The van der Waals surface area contributed by atoms with Crippen LogP contribution >= 0.6 is 0 Å². The highest BCUT2D eigenvalue weighted by atomic mass is 16.5. The minimum atomic E-state index is -0.521. The fourth-order valence-electron chi connectivity index (χ4n) is 4.54. The van der Waals surface area contributed by atoms with Crippen LogP contribution in [0.25, 0.3) is 11.0 Å². The van der Waals surface area contributed by atoms with Crippen LogP contribution in [0.3, 0.4) is 0 Å². The van der Waals surface area contributed by atoms with Crippen molar-refractivity contribution in [3.63, 3.8) is 0 Å². The zero-order valence-corrected chi connectivity index (χ0v) is 20.0. The van der Waals surface area contributed by atoms with Crippen molar-refractivity contribution in [2.24, 2.45) is 0 Å². The number of likely N-dealkylation sites (tertiary alicyclic amines) is 1. The number of hydrogen-bond acceptors (Lipinski definition) is 7. The molecule has 1 fully saturated rings. The molecule has 2 aromatic heterocycles. The Morgan fingerprint density at radius 2 is 1.97 bits per heavy atom. The molecule has 4 rings (SSSR count). The second kappa shape index (κ2) is 9.97. The quantitative estimate of drug-likeness (QED) is 0.382. The van der Waals surface area contributed by atoms with Crippen LogP contribution in [0.1, 0.15) is 50.7 Å². The van der Waals surface area contributed by atoms with E-state index < -0.39 is 5.60 Å². The predicted molar refractivity (Wildman–Crippen MR) is 133 cm³/mol. The van der Waals surface area contributed by atoms with Gasteiger partial charge in [0.15, 0.2) is 5.82 Å². The summed E-state index contributed by atoms with van der Waals surface area (Å²) < 4.78 is 7.88. The van der Waals surface area contributed by atoms with Crippen LogP contribution in [0, 0.1) is 0 Å². The lowest BCUT2D eigenvalue weighted by Crippen LogP contribution is -2.60. The summed E-state index contributed by atoms with van der Waals surface area (Å²) in [5.41, 5.74) is 9.48. The normalized spacial score (nSPS) is 15.5. The third kappa shape index (κ3) is 5.23. The highest BCUT2D eigenvalue weighted by Crippen LogP contribution is 2.29. The monoisotopic (exact) mass is 452 g/mol. The largest absolute Gasteiger partial charge is 0.496 e. The number of nitrogens with one attached hydrogen (secondary N) is 1. The van der Waals surface area contributed by atoms with E-state index in [1.807, 2.05) is 19.2 Å². The van der Waals surface area contributed by atoms with Gasteiger partial charge in [-0.3, -0.25) is 4.90 Å². The third-order valence-corrected chi connectivity index (χ3v) is 6.49. The third-order valence-electron chi connectivity index (χ3n) is 6.49. The van der Waals surface area contributed by atoms with Gasteiger partial charge in [0.05, 0.1) is 24.8 Å². The summed E-state index contributed by atoms with van der Waals surface area (Å²) in [6.07, 6.45) is 6.25. The molecule has 3 aromatic rings. The zero-order valence-electron chi connectivity index (χ0n) is 20.0. The number of ether oxygens (including phenoxy) is 1. The van der Waals surface area contributed by atoms with Crippen LogP contribution in [0.15, 0.2) is 30.5 Å². The number of methoxy groups -OCH3 is 1. The number of nitrogens with two attached hydrogens (primary N) is 1. The molecule has 8 heteroatoms. The first kappa shape index (κ1) is 23.3. The minimum Gasteiger partial charge on any atom is -0.496 e. The van der Waals surface area contributed by atoms with Crippen molar-refractivity contribution in [2.45, 2.75) is 58.2 Å². The van der Waals surface area contributed by atoms with Crippen molar-refractivity contribution in [3.8, 4) is 5.75 Å². The molecule has 0 atom stereocenters. The number of hydrogen-bond donors (Lipinski definition) is 3. The van der Waals surface area contributed by atoms with Crippen molar-refractivity contribution in [1.29, 1.82) is 0 Å². The van der Waals surface area contributed by atoms with Gasteiger partial charge in [-0.05, 0) is 30.5 Å². The molecule has 33 heavy (non-hydrogen) atoms. The Bertz CT molecular complexity index is 1090. The van der Waals surface area contributed by atoms with E-state index in [1.165, 1.54) is 18.4 Å². The number of anilines is 2. The minimum absolute atomic E-state index is 0.279. The van der Waals surface area contributed by atoms with Crippen molar-refractivity contribution >= 4 is 22.8 Å². The number of nitrogen functional groups attached to an aromatic ring is 1. The molecule has 0 aliphatic carbocycles. The number of aromatic nitrogens is 3. The summed E-state index contributed by atoms with van der Waals surface area (Å²) in [6, 6.07) is 8.34. The molecule has 0 bridgehead atoms. The average molecular weight is 453 g/mol. The van der Waals surface area contributed by atoms with Crippen molar-refractivity contribution in [3.05, 3.63) is 41.6 Å². The van der Waals surface area contributed by atoms with E-state index >= 15 is 0 Å². The highest BCUT2D eigenvalue weighted by molar-refractivity contribution is 5.87. The lowest BCUT2D eigenvalue weighted by atomic mass is 9.91. The average Bonchev–Trinajstić information content (AvgIpc) is 3.18. The van der Waals surface area contributed by atoms with E-state index in [9.17, 15) is 5.11 Å². The van der Waals surface area contributed by atoms with Crippen molar-refractivity contribution in [2.75, 3.05) is 37.8 Å². The van der Waals surface area contributed by atoms with Crippen molar-refractivity contribution in [1.82, 2.24) is 19.4 Å². The first-order valence-corrected chi connectivity index (χ1v) is 11.9. The first-order valence-electron chi connectivity index (χ1n) is 11.9. The fourth-order valence-corrected chi connectivity index (χ4v) is 4.54. The standard InChI is InChI=1S/C25H36N6O2/c1-4-6-7-11-27-23-22-20(28-24(26)29-23)10-12-31(22)15-19-9-8-18(13-21(19)33-3)14-30-16-25(32,5-2)17-30/h8-10,12-13,32H,4-7,11,14-17H2,1-3H3,(H3,26,27,28,29). The molecule has 1 saturated heterocycles. The number of β-amino-alcohol motifs (C(OH)–C–C–N with tert-alkyl or cyclic N) is 1. The van der Waals surface area contributed by atoms with Crippen LogP contribution in [0.2, 0.25) is 0 Å². The molecular formula is C25H36N6O2. The molecular weight excluding hydrogens is 416 g/mol. The molecule has 0 spiro atoms. The lowest BCUT2D eigenvalue weighted by molar-refractivity contribution is -0.103. The number of unbranched alkanes of at least 4 members (excludes halogenated alkanes) is 2. The molecule has 0 radical (unpaired) electrons. The van der Waals surface area contributed by atoms with Gasteiger partial charge >= 0.3 is 0 Å². The predicted octanol–water partition coefficient (Wildman–Crippen LogP) is 3.63. The maximum Gasteiger partial charge on any atom is 0.222 e. The molecule has 1 aliphatic rings. The first-order chi connectivity index (χ1) is 15.9. The van der Waals surface area contributed by atoms with Crippen LogP contribution < -0.4 is 15.8 Å². The van der Waals surface area contributed by atoms with Crippen LogP contribution in [-0.2, 0) is 13.1 Å². The Kier molecular flexibility index (Phi) is 7.05. The summed E-state index contributed by atoms with van der Waals surface area (Å²) in [7, 11) is 1.71. The lowest BCUT2D eigenvalue weighted by Gasteiger charge is -2.46. The number of benzene rings is 1. The summed E-state index contributed by atoms with van der Waals surface area (Å²) in [5, 5.41) is 13.7. The van der Waals surface area contributed by atoms with Crippen LogP contribution in [0.5, 0.6) is 5.75 Å². The maximum absolute atomic E-state index is 10.3. The van der Waals surface area contributed by atoms with Gasteiger partial charge in [-0.1, -0.05) is 38.8 Å². The van der Waals surface area contributed by atoms with Gasteiger partial charge in [-0.15, -0.1) is 0 Å². The maximum atomic E-state index is 10.3. The Morgan fingerprint density at radius 3 is 2.70 bits per heavy atom. The van der Waals surface area contributed by atoms with Gasteiger partial charge in [0.1, 0.15) is 11.3 Å². The van der Waals surface area contributed by atoms with Gasteiger partial charge in [-0.2, -0.15) is 4.98 Å². The Hall–Kier alpha value is -2.84. The number of rotatable bonds is 11. The van der Waals surface area contributed by atoms with Gasteiger partial charge in [-0.25, -0.2) is 4.98 Å². The summed E-state index contributed by atoms with van der Waals surface area (Å²) in [5.74, 6) is 1.91. The molecule has 1 aliphatic heterocycles. The molecule has 0 saturated carbocycles. The van der Waals surface area contributed by atoms with Gasteiger partial charge in [0.25, 0.3) is 0 Å². The van der Waals surface area contributed by atoms with E-state index in [2.05, 4.69) is 49.9 Å². The topological polar surface area (TPSA) is 101 Å². The summed E-state index contributed by atoms with van der Waals surface area (Å²) in [6.45, 7) is 7.98. The Morgan fingerprint density at radius 1 is 1.15 bits per heavy atom. The molecule has 1 aromatic carbocycles. The SMILES string of the molecule is CCCCCNc1nc(N)nc2ccn(Cc3ccc(CN4CC(O)(CC)C4)cc3OC)c12. The molecule has 0 unspecified atom stereocenters. The summed E-state index contributed by atoms with van der Waals surface area (Å²) in [4.78, 5) is 11.1. The van der Waals surface area contributed by atoms with E-state index in [-0.39, 0.29) is 5.95 Å². The number of fused-ring (bicyclic) bond motifs is 1. The molecule has 4 N–H and O–H groups in total. The molecule has 178 valence electrons. The van der Waals surface area contributed by atoms with Crippen LogP contribution in [0.4, 0.5) is 11.8 Å². The highest BCUT2D eigenvalue weighted by Gasteiger charge is 2.39. The molecule has 8 nitrogen and oxygen atoms in total. The van der Waals surface area contributed by atoms with E-state index in [0.717, 1.165) is 67.2 Å². The molecule has 0 amide bonds. The van der Waals surface area contributed by atoms with Gasteiger partial charge < -0.3 is 25.5 Å². The van der Waals surface area contributed by atoms with Gasteiger partial charge in [0.2, 0.25) is 5.95 Å². The van der Waals surface area contributed by atoms with Crippen molar-refractivity contribution < 1.29 is 9.84 Å². The van der Waals surface area contributed by atoms with E-state index in [4.69, 9.17) is 10.5 Å². The number of nitrogens with zero attached hydrogens (tertiary/aromatic N) is 4. The van der Waals surface area contributed by atoms with Gasteiger partial charge in [0, 0.05) is 37.9 Å². The van der Waals surface area contributed by atoms with E-state index in [1.54, 1.807) is 7.11 Å². The Labute approximate surface area is 195 Å². The van der Waals surface area contributed by atoms with Crippen LogP contribution in [-0.4, -0.2) is 56.9 Å². The smallest absolute Gasteiger partial charge is 0.222 e. The van der Waals surface area contributed by atoms with E-state index in [0.29, 0.717) is 6.54 Å². The second-order valence-electron chi connectivity index (χ2n) is 9.11. The summed E-state index contributed by atoms with van der Waals surface area (Å²) >= 11 is 0. The number of aliphatic hydroxyl groups is 1. The second-order valence-corrected chi connectivity index (χ2v) is 9.11. The Balaban J connectivity index is 1.52. The molecule has 3 heterocycles. The zero-order chi connectivity index (χ0) is 23.4. The fraction of sp³-hybridized carbons (Fsp3) is 0.520.